The Bertz CT molecular complexity index is 3090. The minimum atomic E-state index is -4.27. The molecule has 2 amide bonds. The summed E-state index contributed by atoms with van der Waals surface area (Å²) in [5.74, 6) is 6.33. The van der Waals surface area contributed by atoms with Gasteiger partial charge in [-0.3, -0.25) is 0 Å². The number of ether oxygens (including phenoxy) is 8. The van der Waals surface area contributed by atoms with Crippen LogP contribution in [0.3, 0.4) is 0 Å². The van der Waals surface area contributed by atoms with Crippen molar-refractivity contribution in [3.8, 4) is 0 Å². The molecule has 1 aliphatic heterocycles. The van der Waals surface area contributed by atoms with Crippen molar-refractivity contribution in [2.75, 3.05) is 273 Å². The van der Waals surface area contributed by atoms with Crippen LogP contribution in [0.2, 0.25) is 0 Å². The summed E-state index contributed by atoms with van der Waals surface area (Å²) < 4.78 is 81.7. The summed E-state index contributed by atoms with van der Waals surface area (Å²) in [7, 11) is 32.6. The molecule has 1 heterocycles. The normalized spacial score (nSPS) is 14.7. The number of piperidine rings is 1. The van der Waals surface area contributed by atoms with Gasteiger partial charge >= 0.3 is 6.03 Å². The highest BCUT2D eigenvalue weighted by Gasteiger charge is 2.26. The lowest BCUT2D eigenvalue weighted by molar-refractivity contribution is -0.912. The topological polar surface area (TPSA) is 208 Å². The second-order valence-electron chi connectivity index (χ2n) is 39.4. The fourth-order valence-electron chi connectivity index (χ4n) is 14.8. The molecule has 0 aromatic heterocycles. The smallest absolute Gasteiger partial charge is 0.315 e. The van der Waals surface area contributed by atoms with Crippen molar-refractivity contribution in [1.29, 1.82) is 0 Å². The average Bonchev–Trinajstić information content (AvgIpc) is 0.864. The number of thioether (sulfide) groups is 8. The number of quaternary nitrogens is 9. The van der Waals surface area contributed by atoms with Crippen LogP contribution in [0.25, 0.3) is 0 Å². The highest BCUT2D eigenvalue weighted by atomic mass is 35.5. The van der Waals surface area contributed by atoms with Crippen molar-refractivity contribution in [2.45, 2.75) is 299 Å². The molecule has 898 valence electrons. The highest BCUT2D eigenvalue weighted by Crippen LogP contribution is 2.32. The summed E-state index contributed by atoms with van der Waals surface area (Å²) in [6.07, 6.45) is 46.5. The van der Waals surface area contributed by atoms with Gasteiger partial charge in [0, 0.05) is 90.9 Å². The van der Waals surface area contributed by atoms with Crippen LogP contribution < -0.4 is 149 Å². The number of likely N-dealkylation sites (tertiary alicyclic amines) is 1. The summed E-state index contributed by atoms with van der Waals surface area (Å²) >= 11 is 54.3. The van der Waals surface area contributed by atoms with Gasteiger partial charge in [0.05, 0.1) is 243 Å². The number of hydrogen-bond acceptors (Lipinski definition) is 28. The minimum absolute atomic E-state index is 0. The van der Waals surface area contributed by atoms with E-state index in [-0.39, 0.29) is 110 Å². The third-order valence-electron chi connectivity index (χ3n) is 22.7. The second kappa shape index (κ2) is 121. The van der Waals surface area contributed by atoms with Gasteiger partial charge in [-0.1, -0.05) is 196 Å². The Balaban J connectivity index is -0.000000159. The van der Waals surface area contributed by atoms with Gasteiger partial charge in [-0.15, -0.1) is 0 Å². The molecule has 0 radical (unpaired) electrons. The first-order valence-electron chi connectivity index (χ1n) is 53.3. The van der Waals surface area contributed by atoms with Gasteiger partial charge in [0.2, 0.25) is 35.1 Å². The van der Waals surface area contributed by atoms with Crippen LogP contribution in [0.5, 0.6) is 0 Å². The van der Waals surface area contributed by atoms with Gasteiger partial charge in [0.1, 0.15) is 22.3 Å². The summed E-state index contributed by atoms with van der Waals surface area (Å²) in [6, 6.07) is 6.23. The number of thiocarbonyl (C=S) groups is 8. The number of nitrogens with one attached hydrogen (secondary N) is 10. The monoisotopic (exact) mass is 2600 g/mol. The Morgan fingerprint density at radius 1 is 0.353 bits per heavy atom. The quantitative estimate of drug-likeness (QED) is 0.0127. The van der Waals surface area contributed by atoms with Crippen LogP contribution in [0, 0.1) is 6.92 Å². The van der Waals surface area contributed by atoms with Gasteiger partial charge in [-0.2, -0.15) is 0 Å². The van der Waals surface area contributed by atoms with Crippen LogP contribution in [0.4, 0.5) is 4.79 Å². The minimum Gasteiger partial charge on any atom is -1.00 e. The number of amides is 2. The fraction of sp³-hybridized carbons (Fsp3) is 0.853. The van der Waals surface area contributed by atoms with E-state index >= 15 is 0 Å². The summed E-state index contributed by atoms with van der Waals surface area (Å²) in [5, 5.41) is 7.59. The van der Waals surface area contributed by atoms with Crippen molar-refractivity contribution in [1.82, 2.24) is 10.6 Å². The number of aryl methyl sites for hydroxylation is 1. The van der Waals surface area contributed by atoms with Crippen LogP contribution in [0.15, 0.2) is 29.2 Å². The van der Waals surface area contributed by atoms with Crippen LogP contribution in [-0.4, -0.2) is 360 Å². The molecule has 7 rings (SSSR count). The molecule has 150 heavy (non-hydrogen) atoms. The predicted molar refractivity (Wildman–Crippen MR) is 654 cm³/mol. The van der Waals surface area contributed by atoms with Crippen molar-refractivity contribution in [2.24, 2.45) is 0 Å². The zero-order chi connectivity index (χ0) is 107. The molecule has 0 spiro atoms. The summed E-state index contributed by atoms with van der Waals surface area (Å²) in [6.45, 7) is 28.1. The third kappa shape index (κ3) is 126. The molecule has 48 heteroatoms. The van der Waals surface area contributed by atoms with Crippen molar-refractivity contribution < 1.29 is 199 Å². The lowest BCUT2D eigenvalue weighted by atomic mass is 9.96. The second-order valence-corrected chi connectivity index (χ2v) is 55.1. The molecular formula is C102H205Cl8N11O12S17. The number of urea groups is 1. The number of nitrogens with zero attached hydrogens (tertiary/aromatic N) is 1. The lowest BCUT2D eigenvalue weighted by Crippen LogP contribution is -3.05. The maximum absolute atomic E-state index is 11.8. The summed E-state index contributed by atoms with van der Waals surface area (Å²) in [5.41, 5.74) is 0.928. The molecular weight excluding hydrogens is 2400 g/mol. The third-order valence-corrected chi connectivity index (χ3v) is 34.0. The maximum atomic E-state index is 11.8. The van der Waals surface area contributed by atoms with Crippen LogP contribution in [-0.2, 0) is 48.0 Å². The Morgan fingerprint density at radius 2 is 0.607 bits per heavy atom. The van der Waals surface area contributed by atoms with E-state index in [0.717, 1.165) is 177 Å². The number of likely N-dealkylation sites (N-methyl/N-ethyl adjacent to an activating group) is 1. The Hall–Kier alpha value is 2.28. The Kier molecular flexibility index (Phi) is 140. The summed E-state index contributed by atoms with van der Waals surface area (Å²) in [4.78, 5) is 23.5. The molecule has 6 fully saturated rings. The molecule has 1 aromatic carbocycles. The molecule has 0 atom stereocenters. The zero-order valence-corrected chi connectivity index (χ0v) is 115. The van der Waals surface area contributed by atoms with Gasteiger partial charge in [0.15, 0.2) is 0 Å². The number of halogens is 8. The van der Waals surface area contributed by atoms with Gasteiger partial charge < -0.3 is 196 Å². The Morgan fingerprint density at radius 3 is 0.880 bits per heavy atom. The zero-order valence-electron chi connectivity index (χ0n) is 95.4. The highest BCUT2D eigenvalue weighted by molar-refractivity contribution is 8.25. The number of rotatable bonds is 45. The van der Waals surface area contributed by atoms with E-state index in [0.29, 0.717) is 49.0 Å². The largest absolute Gasteiger partial charge is 1.00 e. The molecule has 1 saturated heterocycles. The molecule has 5 aliphatic carbocycles. The molecule has 6 aliphatic rings. The van der Waals surface area contributed by atoms with E-state index in [1.54, 1.807) is 106 Å². The van der Waals surface area contributed by atoms with Crippen molar-refractivity contribution >= 4 is 243 Å². The molecule has 0 bridgehead atoms. The van der Waals surface area contributed by atoms with Crippen LogP contribution >= 0.6 is 192 Å². The van der Waals surface area contributed by atoms with E-state index in [2.05, 4.69) is 144 Å². The lowest BCUT2D eigenvalue weighted by Gasteiger charge is -2.37. The van der Waals surface area contributed by atoms with E-state index in [4.69, 9.17) is 136 Å². The van der Waals surface area contributed by atoms with E-state index in [9.17, 15) is 17.8 Å². The maximum Gasteiger partial charge on any atom is 0.315 e. The van der Waals surface area contributed by atoms with Gasteiger partial charge in [0.25, 0.3) is 0 Å². The van der Waals surface area contributed by atoms with E-state index in [1.165, 1.54) is 283 Å². The van der Waals surface area contributed by atoms with Crippen molar-refractivity contribution in [3.63, 3.8) is 0 Å². The van der Waals surface area contributed by atoms with Crippen molar-refractivity contribution in [3.05, 3.63) is 29.8 Å². The first kappa shape index (κ1) is 175. The number of benzene rings is 1. The predicted octanol–water partition coefficient (Wildman–Crippen LogP) is -11.0. The fourth-order valence-corrected chi connectivity index (χ4v) is 24.1. The molecule has 23 nitrogen and oxygen atoms in total. The Labute approximate surface area is 1040 Å². The molecule has 1 aromatic rings. The molecule has 10 N–H and O–H groups in total. The molecule has 0 unspecified atom stereocenters. The van der Waals surface area contributed by atoms with E-state index < -0.39 is 10.1 Å². The molecule has 5 saturated carbocycles. The SMILES string of the molecule is CCOC(=S)SCCC[NH+](C)C.CCOC(=S)SCCC[NH+](C)C.CCSC(=S)OCCC[NH+](C)C.CCSC(=S)OCCC[NH+](C)C.C[N+]1(CCNC(=O)NC2CCCCC2)CCCCC1.C[NH+](C)CCCOC(=S)SC1CCCCC1.C[NH+](C)CCCOC(=S)SC1CCCCC1.C[NH+](C)CCCSC(=S)OC1CCCCC1.C[NH+](C)CCCSC(=S)OC1CCCCC1.Cc1ccc(S(=O)(=O)[O-])cc1.[Cl-].[Cl-].[Cl-].[Cl-].[Cl-].[Cl-].[Cl-].[Cl-]. The number of hydrogen-bond donors (Lipinski definition) is 10. The number of carbonyl (C=O) groups is 1. The first-order chi connectivity index (χ1) is 67.6. The van der Waals surface area contributed by atoms with Crippen LogP contribution in [0.1, 0.15) is 264 Å². The van der Waals surface area contributed by atoms with Gasteiger partial charge in [-0.25, -0.2) is 13.2 Å². The standard InChI is InChI=1S/C15H29N3O.4C12H23NOS2.4C8H17NOS2.C7H8O3S.8ClH/c1-18(11-6-3-7-12-18)13-10-16-15(19)17-14-8-4-2-5-9-14;2*1-13(2)9-6-10-16-12(15)14-11-7-4-3-5-8-11;2*1-13(2)9-6-10-14-12(15)16-11-7-4-3-5-8-11;2*1-4-12-8(11)10-7-5-6-9(2)3;2*1-4-10-8(11)12-7-5-6-9(2)3;1-6-2-4-7(5-3-6)11(8,9)10;;;;;;;;/h14H,2-13H2,1H3,(H-,16,17,19);4*11H,3-10H2,1-2H3;4*4-7H2,1-3H3;2-5H,1H3,(H,8,9,10);8*1H. The van der Waals surface area contributed by atoms with E-state index in [1.807, 2.05) is 20.8 Å². The average molecular weight is 2610 g/mol. The first-order valence-corrected chi connectivity index (χ1v) is 65.7. The number of carbonyl (C=O) groups excluding carboxylic acids is 1. The van der Waals surface area contributed by atoms with Gasteiger partial charge in [-0.05, 0) is 251 Å².